The Morgan fingerprint density at radius 3 is 2.80 bits per heavy atom. The Labute approximate surface area is 119 Å². The molecular weight excluding hydrogens is 259 g/mol. The molecule has 2 amide bonds. The third kappa shape index (κ3) is 6.52. The zero-order valence-corrected chi connectivity index (χ0v) is 12.3. The summed E-state index contributed by atoms with van der Waals surface area (Å²) in [4.78, 5) is 11.6. The Kier molecular flexibility index (Phi) is 7.01. The minimum absolute atomic E-state index is 0.184. The van der Waals surface area contributed by atoms with E-state index in [0.717, 1.165) is 18.6 Å². The standard InChI is InChI=1S/C15H23FN2O2/c1-11(2)10-20-8-4-7-17-15(19)18-14-6-5-12(3)9-13(14)16/h5-6,9,11H,4,7-8,10H2,1-3H3,(H2,17,18,19). The van der Waals surface area contributed by atoms with E-state index in [9.17, 15) is 9.18 Å². The smallest absolute Gasteiger partial charge is 0.319 e. The minimum atomic E-state index is -0.430. The first-order valence-electron chi connectivity index (χ1n) is 6.87. The van der Waals surface area contributed by atoms with Crippen LogP contribution < -0.4 is 10.6 Å². The SMILES string of the molecule is Cc1ccc(NC(=O)NCCCOCC(C)C)c(F)c1. The van der Waals surface area contributed by atoms with Crippen molar-refractivity contribution in [3.8, 4) is 0 Å². The lowest BCUT2D eigenvalue weighted by Gasteiger charge is -2.09. The molecule has 1 aromatic rings. The Balaban J connectivity index is 2.20. The summed E-state index contributed by atoms with van der Waals surface area (Å²) >= 11 is 0. The lowest BCUT2D eigenvalue weighted by molar-refractivity contribution is 0.108. The monoisotopic (exact) mass is 282 g/mol. The predicted octanol–water partition coefficient (Wildman–Crippen LogP) is 3.32. The summed E-state index contributed by atoms with van der Waals surface area (Å²) in [6.45, 7) is 7.79. The van der Waals surface area contributed by atoms with Crippen LogP contribution in [-0.4, -0.2) is 25.8 Å². The Morgan fingerprint density at radius 2 is 2.15 bits per heavy atom. The predicted molar refractivity (Wildman–Crippen MR) is 78.4 cm³/mol. The molecule has 0 aliphatic heterocycles. The van der Waals surface area contributed by atoms with Crippen molar-refractivity contribution >= 4 is 11.7 Å². The zero-order chi connectivity index (χ0) is 15.0. The van der Waals surface area contributed by atoms with Crippen LogP contribution in [0.3, 0.4) is 0 Å². The third-order valence-corrected chi connectivity index (χ3v) is 2.57. The summed E-state index contributed by atoms with van der Waals surface area (Å²) in [5.41, 5.74) is 1.000. The van der Waals surface area contributed by atoms with Gasteiger partial charge in [0, 0.05) is 19.8 Å². The number of aryl methyl sites for hydroxylation is 1. The summed E-state index contributed by atoms with van der Waals surface area (Å²) in [5, 5.41) is 5.15. The number of amides is 2. The highest BCUT2D eigenvalue weighted by atomic mass is 19.1. The Bertz CT molecular complexity index is 436. The highest BCUT2D eigenvalue weighted by Crippen LogP contribution is 2.14. The second-order valence-electron chi connectivity index (χ2n) is 5.19. The minimum Gasteiger partial charge on any atom is -0.381 e. The van der Waals surface area contributed by atoms with Crippen LogP contribution in [0, 0.1) is 18.7 Å². The average Bonchev–Trinajstić information content (AvgIpc) is 2.36. The molecule has 0 heterocycles. The molecule has 0 aromatic heterocycles. The van der Waals surface area contributed by atoms with Crippen LogP contribution in [0.1, 0.15) is 25.8 Å². The number of rotatable bonds is 7. The van der Waals surface area contributed by atoms with Crippen molar-refractivity contribution in [2.75, 3.05) is 25.1 Å². The van der Waals surface area contributed by atoms with Crippen molar-refractivity contribution in [1.82, 2.24) is 5.32 Å². The molecule has 0 saturated heterocycles. The zero-order valence-electron chi connectivity index (χ0n) is 12.3. The summed E-state index contributed by atoms with van der Waals surface area (Å²) in [7, 11) is 0. The maximum atomic E-state index is 13.5. The third-order valence-electron chi connectivity index (χ3n) is 2.57. The van der Waals surface area contributed by atoms with E-state index in [-0.39, 0.29) is 5.69 Å². The van der Waals surface area contributed by atoms with Gasteiger partial charge in [0.25, 0.3) is 0 Å². The molecule has 1 aromatic carbocycles. The maximum Gasteiger partial charge on any atom is 0.319 e. The van der Waals surface area contributed by atoms with Crippen LogP contribution in [-0.2, 0) is 4.74 Å². The van der Waals surface area contributed by atoms with Crippen LogP contribution in [0.5, 0.6) is 0 Å². The number of carbonyl (C=O) groups is 1. The van der Waals surface area contributed by atoms with Crippen LogP contribution in [0.2, 0.25) is 0 Å². The number of halogens is 1. The van der Waals surface area contributed by atoms with E-state index < -0.39 is 11.8 Å². The first kappa shape index (κ1) is 16.4. The number of hydrogen-bond acceptors (Lipinski definition) is 2. The molecule has 0 fully saturated rings. The number of hydrogen-bond donors (Lipinski definition) is 2. The molecule has 0 unspecified atom stereocenters. The summed E-state index contributed by atoms with van der Waals surface area (Å²) < 4.78 is 18.9. The van der Waals surface area contributed by atoms with Gasteiger partial charge < -0.3 is 15.4 Å². The van der Waals surface area contributed by atoms with Crippen molar-refractivity contribution in [2.24, 2.45) is 5.92 Å². The van der Waals surface area contributed by atoms with Gasteiger partial charge in [-0.1, -0.05) is 19.9 Å². The molecule has 4 nitrogen and oxygen atoms in total. The first-order valence-corrected chi connectivity index (χ1v) is 6.87. The van der Waals surface area contributed by atoms with Gasteiger partial charge in [0.1, 0.15) is 5.82 Å². The van der Waals surface area contributed by atoms with E-state index in [1.807, 2.05) is 0 Å². The number of nitrogens with one attached hydrogen (secondary N) is 2. The Morgan fingerprint density at radius 1 is 1.40 bits per heavy atom. The number of urea groups is 1. The van der Waals surface area contributed by atoms with E-state index >= 15 is 0 Å². The summed E-state index contributed by atoms with van der Waals surface area (Å²) in [5.74, 6) is 0.0798. The summed E-state index contributed by atoms with van der Waals surface area (Å²) in [6.07, 6.45) is 0.733. The molecule has 2 N–H and O–H groups in total. The van der Waals surface area contributed by atoms with Crippen molar-refractivity contribution in [3.63, 3.8) is 0 Å². The normalized spacial score (nSPS) is 10.7. The van der Waals surface area contributed by atoms with E-state index in [1.165, 1.54) is 6.07 Å². The summed E-state index contributed by atoms with van der Waals surface area (Å²) in [6, 6.07) is 4.28. The number of carbonyl (C=O) groups excluding carboxylic acids is 1. The quantitative estimate of drug-likeness (QED) is 0.754. The molecule has 0 spiro atoms. The fourth-order valence-electron chi connectivity index (χ4n) is 1.58. The van der Waals surface area contributed by atoms with Gasteiger partial charge in [0.05, 0.1) is 5.69 Å². The van der Waals surface area contributed by atoms with Gasteiger partial charge in [-0.25, -0.2) is 9.18 Å². The van der Waals surface area contributed by atoms with Crippen LogP contribution in [0.4, 0.5) is 14.9 Å². The van der Waals surface area contributed by atoms with E-state index in [2.05, 4.69) is 24.5 Å². The van der Waals surface area contributed by atoms with Crippen molar-refractivity contribution in [2.45, 2.75) is 27.2 Å². The lowest BCUT2D eigenvalue weighted by Crippen LogP contribution is -2.30. The van der Waals surface area contributed by atoms with E-state index in [0.29, 0.717) is 19.1 Å². The second kappa shape index (κ2) is 8.53. The molecule has 0 aliphatic carbocycles. The van der Waals surface area contributed by atoms with E-state index in [4.69, 9.17) is 4.74 Å². The van der Waals surface area contributed by atoms with Crippen LogP contribution in [0.15, 0.2) is 18.2 Å². The van der Waals surface area contributed by atoms with Crippen LogP contribution >= 0.6 is 0 Å². The average molecular weight is 282 g/mol. The van der Waals surface area contributed by atoms with Gasteiger partial charge in [0.2, 0.25) is 0 Å². The molecule has 1 rings (SSSR count). The number of anilines is 1. The van der Waals surface area contributed by atoms with Crippen LogP contribution in [0.25, 0.3) is 0 Å². The van der Waals surface area contributed by atoms with Gasteiger partial charge in [-0.15, -0.1) is 0 Å². The van der Waals surface area contributed by atoms with Gasteiger partial charge in [-0.3, -0.25) is 0 Å². The van der Waals surface area contributed by atoms with Gasteiger partial charge >= 0.3 is 6.03 Å². The van der Waals surface area contributed by atoms with E-state index in [1.54, 1.807) is 19.1 Å². The maximum absolute atomic E-state index is 13.5. The molecule has 20 heavy (non-hydrogen) atoms. The molecule has 5 heteroatoms. The molecule has 0 saturated carbocycles. The van der Waals surface area contributed by atoms with Crippen molar-refractivity contribution in [3.05, 3.63) is 29.6 Å². The Hall–Kier alpha value is -1.62. The molecular formula is C15H23FN2O2. The van der Waals surface area contributed by atoms with Crippen molar-refractivity contribution < 1.29 is 13.9 Å². The highest BCUT2D eigenvalue weighted by molar-refractivity contribution is 5.89. The molecule has 0 aliphatic rings. The number of benzene rings is 1. The molecule has 0 bridgehead atoms. The van der Waals surface area contributed by atoms with Gasteiger partial charge in [-0.05, 0) is 37.0 Å². The fourth-order valence-corrected chi connectivity index (χ4v) is 1.58. The molecule has 0 atom stereocenters. The second-order valence-corrected chi connectivity index (χ2v) is 5.19. The lowest BCUT2D eigenvalue weighted by atomic mass is 10.2. The fraction of sp³-hybridized carbons (Fsp3) is 0.533. The molecule has 0 radical (unpaired) electrons. The molecule has 112 valence electrons. The topological polar surface area (TPSA) is 50.4 Å². The van der Waals surface area contributed by atoms with Gasteiger partial charge in [0.15, 0.2) is 0 Å². The number of ether oxygens (including phenoxy) is 1. The largest absolute Gasteiger partial charge is 0.381 e. The van der Waals surface area contributed by atoms with Crippen molar-refractivity contribution in [1.29, 1.82) is 0 Å². The first-order chi connectivity index (χ1) is 9.49. The highest BCUT2D eigenvalue weighted by Gasteiger charge is 2.06. The van der Waals surface area contributed by atoms with Gasteiger partial charge in [-0.2, -0.15) is 0 Å².